The van der Waals surface area contributed by atoms with Crippen molar-refractivity contribution < 1.29 is 13.9 Å². The fraction of sp³-hybridized carbons (Fsp3) is 0.632. The fourth-order valence-corrected chi connectivity index (χ4v) is 4.68. The van der Waals surface area contributed by atoms with Crippen LogP contribution >= 0.6 is 0 Å². The lowest BCUT2D eigenvalue weighted by Crippen LogP contribution is -2.54. The predicted octanol–water partition coefficient (Wildman–Crippen LogP) is 2.23. The number of amides is 1. The van der Waals surface area contributed by atoms with Crippen molar-refractivity contribution in [2.24, 2.45) is 0 Å². The Balaban J connectivity index is 1.70. The van der Waals surface area contributed by atoms with Gasteiger partial charge in [0.1, 0.15) is 5.82 Å². The van der Waals surface area contributed by atoms with Crippen LogP contribution in [-0.4, -0.2) is 49.2 Å². The maximum absolute atomic E-state index is 13.7. The van der Waals surface area contributed by atoms with Crippen LogP contribution in [-0.2, 0) is 14.9 Å². The van der Waals surface area contributed by atoms with E-state index in [0.717, 1.165) is 37.9 Å². The van der Waals surface area contributed by atoms with E-state index in [2.05, 4.69) is 10.2 Å². The molecule has 3 saturated heterocycles. The van der Waals surface area contributed by atoms with Gasteiger partial charge in [-0.25, -0.2) is 4.39 Å². The van der Waals surface area contributed by atoms with Crippen LogP contribution in [0.2, 0.25) is 0 Å². The first-order valence-electron chi connectivity index (χ1n) is 9.08. The van der Waals surface area contributed by atoms with Gasteiger partial charge in [-0.15, -0.1) is 0 Å². The number of carbonyl (C=O) groups excluding carboxylic acids is 1. The van der Waals surface area contributed by atoms with Crippen LogP contribution in [0.25, 0.3) is 0 Å². The minimum Gasteiger partial charge on any atom is -0.381 e. The predicted molar refractivity (Wildman–Crippen MR) is 89.3 cm³/mol. The Kier molecular flexibility index (Phi) is 4.31. The molecule has 4 nitrogen and oxygen atoms in total. The van der Waals surface area contributed by atoms with Crippen LogP contribution in [0, 0.1) is 5.82 Å². The molecule has 0 radical (unpaired) electrons. The van der Waals surface area contributed by atoms with E-state index in [-0.39, 0.29) is 11.7 Å². The summed E-state index contributed by atoms with van der Waals surface area (Å²) in [6, 6.07) is 7.16. The van der Waals surface area contributed by atoms with Gasteiger partial charge in [-0.3, -0.25) is 4.79 Å². The van der Waals surface area contributed by atoms with Crippen molar-refractivity contribution in [1.82, 2.24) is 10.2 Å². The molecule has 0 aromatic heterocycles. The van der Waals surface area contributed by atoms with Crippen LogP contribution in [0.5, 0.6) is 0 Å². The zero-order valence-electron chi connectivity index (χ0n) is 14.0. The zero-order chi connectivity index (χ0) is 16.6. The van der Waals surface area contributed by atoms with Crippen molar-refractivity contribution in [3.05, 3.63) is 35.6 Å². The van der Waals surface area contributed by atoms with Gasteiger partial charge in [0, 0.05) is 31.8 Å². The molecule has 1 amide bonds. The molecule has 0 saturated carbocycles. The van der Waals surface area contributed by atoms with Gasteiger partial charge in [-0.05, 0) is 56.3 Å². The summed E-state index contributed by atoms with van der Waals surface area (Å²) in [7, 11) is 0. The number of halogens is 1. The van der Waals surface area contributed by atoms with E-state index in [1.165, 1.54) is 12.1 Å². The minimum atomic E-state index is -0.558. The zero-order valence-corrected chi connectivity index (χ0v) is 14.0. The fourth-order valence-electron chi connectivity index (χ4n) is 4.68. The molecule has 4 rings (SSSR count). The Morgan fingerprint density at radius 2 is 1.83 bits per heavy atom. The molecule has 3 aliphatic rings. The molecule has 3 heterocycles. The highest BCUT2D eigenvalue weighted by Gasteiger charge is 2.49. The smallest absolute Gasteiger partial charge is 0.233 e. The number of rotatable bonds is 2. The Morgan fingerprint density at radius 3 is 2.58 bits per heavy atom. The first kappa shape index (κ1) is 16.0. The van der Waals surface area contributed by atoms with E-state index in [9.17, 15) is 9.18 Å². The monoisotopic (exact) mass is 332 g/mol. The summed E-state index contributed by atoms with van der Waals surface area (Å²) < 4.78 is 18.9. The largest absolute Gasteiger partial charge is 0.381 e. The summed E-state index contributed by atoms with van der Waals surface area (Å²) >= 11 is 0. The number of benzene rings is 1. The van der Waals surface area contributed by atoms with Gasteiger partial charge in [-0.1, -0.05) is 12.1 Å². The van der Waals surface area contributed by atoms with Gasteiger partial charge in [0.15, 0.2) is 0 Å². The quantitative estimate of drug-likeness (QED) is 0.903. The van der Waals surface area contributed by atoms with Crippen LogP contribution < -0.4 is 5.32 Å². The molecule has 2 atom stereocenters. The van der Waals surface area contributed by atoms with Crippen LogP contribution in [0.1, 0.15) is 37.7 Å². The van der Waals surface area contributed by atoms with Gasteiger partial charge in [-0.2, -0.15) is 0 Å². The van der Waals surface area contributed by atoms with Crippen LogP contribution in [0.4, 0.5) is 4.39 Å². The van der Waals surface area contributed by atoms with E-state index >= 15 is 0 Å². The number of hydrogen-bond acceptors (Lipinski definition) is 3. The Hall–Kier alpha value is -1.46. The van der Waals surface area contributed by atoms with E-state index in [1.54, 1.807) is 12.1 Å². The lowest BCUT2D eigenvalue weighted by molar-refractivity contribution is -0.144. The average molecular weight is 332 g/mol. The molecule has 1 aromatic carbocycles. The first-order chi connectivity index (χ1) is 11.7. The number of ether oxygens (including phenoxy) is 1. The molecule has 130 valence electrons. The van der Waals surface area contributed by atoms with Crippen molar-refractivity contribution in [1.29, 1.82) is 0 Å². The van der Waals surface area contributed by atoms with E-state index in [4.69, 9.17) is 4.74 Å². The van der Waals surface area contributed by atoms with Gasteiger partial charge < -0.3 is 15.0 Å². The third-order valence-electron chi connectivity index (χ3n) is 6.04. The molecule has 3 fully saturated rings. The molecule has 1 N–H and O–H groups in total. The molecule has 24 heavy (non-hydrogen) atoms. The van der Waals surface area contributed by atoms with Gasteiger partial charge in [0.2, 0.25) is 5.91 Å². The lowest BCUT2D eigenvalue weighted by Gasteiger charge is -2.42. The molecular formula is C19H25FN2O2. The Morgan fingerprint density at radius 1 is 1.12 bits per heavy atom. The molecule has 3 aliphatic heterocycles. The number of hydrogen-bond donors (Lipinski definition) is 1. The summed E-state index contributed by atoms with van der Waals surface area (Å²) in [5.74, 6) is -0.0268. The van der Waals surface area contributed by atoms with Crippen molar-refractivity contribution in [2.75, 3.05) is 26.3 Å². The molecule has 2 unspecified atom stereocenters. The number of carbonyl (C=O) groups is 1. The highest BCUT2D eigenvalue weighted by Crippen LogP contribution is 2.40. The van der Waals surface area contributed by atoms with Crippen molar-refractivity contribution in [3.8, 4) is 0 Å². The molecule has 0 spiro atoms. The SMILES string of the molecule is O=C(N1C2CCNCC1CC2)C1(c2ccc(F)cc2)CCOCC1. The van der Waals surface area contributed by atoms with Crippen LogP contribution in [0.15, 0.2) is 24.3 Å². The van der Waals surface area contributed by atoms with Crippen molar-refractivity contribution >= 4 is 5.91 Å². The normalized spacial score (nSPS) is 29.3. The molecule has 0 aliphatic carbocycles. The Bertz CT molecular complexity index is 584. The summed E-state index contributed by atoms with van der Waals surface area (Å²) in [6.45, 7) is 3.05. The number of nitrogens with zero attached hydrogens (tertiary/aromatic N) is 1. The van der Waals surface area contributed by atoms with Crippen molar-refractivity contribution in [2.45, 2.75) is 49.6 Å². The second kappa shape index (κ2) is 6.45. The third kappa shape index (κ3) is 2.64. The average Bonchev–Trinajstić information content (AvgIpc) is 2.88. The third-order valence-corrected chi connectivity index (χ3v) is 6.04. The van der Waals surface area contributed by atoms with Gasteiger partial charge in [0.25, 0.3) is 0 Å². The molecular weight excluding hydrogens is 307 g/mol. The summed E-state index contributed by atoms with van der Waals surface area (Å²) in [4.78, 5) is 15.9. The van der Waals surface area contributed by atoms with Crippen molar-refractivity contribution in [3.63, 3.8) is 0 Å². The van der Waals surface area contributed by atoms with E-state index < -0.39 is 5.41 Å². The first-order valence-corrected chi connectivity index (χ1v) is 9.08. The Labute approximate surface area is 142 Å². The van der Waals surface area contributed by atoms with Crippen LogP contribution in [0.3, 0.4) is 0 Å². The highest BCUT2D eigenvalue weighted by molar-refractivity contribution is 5.89. The second-order valence-corrected chi connectivity index (χ2v) is 7.29. The molecule has 1 aromatic rings. The van der Waals surface area contributed by atoms with E-state index in [0.29, 0.717) is 38.1 Å². The lowest BCUT2D eigenvalue weighted by atomic mass is 9.72. The summed E-state index contributed by atoms with van der Waals surface area (Å²) in [6.07, 6.45) is 4.58. The second-order valence-electron chi connectivity index (χ2n) is 7.29. The molecule has 5 heteroatoms. The summed E-state index contributed by atoms with van der Waals surface area (Å²) in [5.41, 5.74) is 0.380. The maximum Gasteiger partial charge on any atom is 0.233 e. The van der Waals surface area contributed by atoms with Gasteiger partial charge >= 0.3 is 0 Å². The minimum absolute atomic E-state index is 0.230. The topological polar surface area (TPSA) is 41.6 Å². The number of nitrogens with one attached hydrogen (secondary N) is 1. The standard InChI is InChI=1S/C19H25FN2O2/c20-15-3-1-14(2-4-15)19(8-11-24-12-9-19)18(23)22-16-5-6-17(22)13-21-10-7-16/h1-4,16-17,21H,5-13H2. The summed E-state index contributed by atoms with van der Waals surface area (Å²) in [5, 5.41) is 3.46. The number of fused-ring (bicyclic) bond motifs is 2. The highest BCUT2D eigenvalue weighted by atomic mass is 19.1. The maximum atomic E-state index is 13.7. The molecule has 2 bridgehead atoms. The van der Waals surface area contributed by atoms with E-state index in [1.807, 2.05) is 0 Å². The van der Waals surface area contributed by atoms with Gasteiger partial charge in [0.05, 0.1) is 5.41 Å².